The van der Waals surface area contributed by atoms with Gasteiger partial charge in [0.2, 0.25) is 0 Å². The number of hydrogen-bond acceptors (Lipinski definition) is 2. The van der Waals surface area contributed by atoms with Gasteiger partial charge in [-0.05, 0) is 57.6 Å². The molecule has 0 bridgehead atoms. The molecule has 6 heteroatoms. The molecule has 5 aromatic carbocycles. The molecule has 5 aromatic rings. The van der Waals surface area contributed by atoms with Crippen molar-refractivity contribution in [1.82, 2.24) is 0 Å². The van der Waals surface area contributed by atoms with Gasteiger partial charge >= 0.3 is 0 Å². The minimum atomic E-state index is -1.45. The molecule has 0 saturated carbocycles. The first-order valence-electron chi connectivity index (χ1n) is 11.8. The Morgan fingerprint density at radius 2 is 0.553 bits per heavy atom. The van der Waals surface area contributed by atoms with Gasteiger partial charge in [-0.2, -0.15) is 0 Å². The zero-order valence-corrected chi connectivity index (χ0v) is 20.6. The Labute approximate surface area is 217 Å². The molecule has 0 N–H and O–H groups in total. The quantitative estimate of drug-likeness (QED) is 0.166. The van der Waals surface area contributed by atoms with Gasteiger partial charge in [0.15, 0.2) is 23.3 Å². The molecule has 5 rings (SSSR count). The monoisotopic (exact) mass is 514 g/mol. The smallest absolute Gasteiger partial charge is 0.170 e. The molecule has 0 spiro atoms. The first-order chi connectivity index (χ1) is 18.4. The number of rotatable bonds is 6. The summed E-state index contributed by atoms with van der Waals surface area (Å²) in [6.45, 7) is 0. The lowest BCUT2D eigenvalue weighted by molar-refractivity contribution is 0.415. The van der Waals surface area contributed by atoms with Crippen LogP contribution in [0.2, 0.25) is 0 Å². The molecule has 0 unspecified atom stereocenters. The maximum atomic E-state index is 15.2. The average molecular weight is 515 g/mol. The van der Waals surface area contributed by atoms with Gasteiger partial charge in [-0.3, -0.25) is 0 Å². The van der Waals surface area contributed by atoms with Crippen LogP contribution in [-0.2, 0) is 0 Å². The molecular weight excluding hydrogens is 492 g/mol. The van der Waals surface area contributed by atoms with Gasteiger partial charge in [-0.15, -0.1) is 0 Å². The van der Waals surface area contributed by atoms with Crippen molar-refractivity contribution in [2.24, 2.45) is 0 Å². The summed E-state index contributed by atoms with van der Waals surface area (Å²) in [5, 5.41) is 0. The molecule has 0 aliphatic heterocycles. The predicted molar refractivity (Wildman–Crippen MR) is 141 cm³/mol. The summed E-state index contributed by atoms with van der Waals surface area (Å²) in [4.78, 5) is 0. The number of halogens is 4. The van der Waals surface area contributed by atoms with Crippen molar-refractivity contribution in [2.75, 3.05) is 14.2 Å². The predicted octanol–water partition coefficient (Wildman–Crippen LogP) is 8.93. The van der Waals surface area contributed by atoms with Gasteiger partial charge in [0.1, 0.15) is 11.5 Å². The summed E-state index contributed by atoms with van der Waals surface area (Å²) in [6, 6.07) is 26.8. The van der Waals surface area contributed by atoms with Crippen LogP contribution >= 0.6 is 0 Å². The zero-order valence-electron chi connectivity index (χ0n) is 20.6. The highest BCUT2D eigenvalue weighted by Crippen LogP contribution is 2.38. The topological polar surface area (TPSA) is 18.5 Å². The summed E-state index contributed by atoms with van der Waals surface area (Å²) < 4.78 is 71.1. The maximum absolute atomic E-state index is 15.2. The number of hydrogen-bond donors (Lipinski definition) is 0. The Morgan fingerprint density at radius 1 is 0.342 bits per heavy atom. The van der Waals surface area contributed by atoms with Crippen LogP contribution in [0.4, 0.5) is 17.6 Å². The van der Waals surface area contributed by atoms with E-state index in [9.17, 15) is 0 Å². The Morgan fingerprint density at radius 3 is 0.789 bits per heavy atom. The second-order valence-electron chi connectivity index (χ2n) is 8.62. The third-order valence-electron chi connectivity index (χ3n) is 6.46. The molecular formula is C32H22F4O2. The molecule has 190 valence electrons. The van der Waals surface area contributed by atoms with Crippen LogP contribution in [0.3, 0.4) is 0 Å². The minimum absolute atomic E-state index is 0.0245. The summed E-state index contributed by atoms with van der Waals surface area (Å²) >= 11 is 0. The second kappa shape index (κ2) is 10.4. The fraction of sp³-hybridized carbons (Fsp3) is 0.0625. The van der Waals surface area contributed by atoms with E-state index in [4.69, 9.17) is 9.47 Å². The van der Waals surface area contributed by atoms with Crippen LogP contribution in [0.25, 0.3) is 44.5 Å². The van der Waals surface area contributed by atoms with Crippen LogP contribution in [0.15, 0.2) is 97.1 Å². The summed E-state index contributed by atoms with van der Waals surface area (Å²) in [5.41, 5.74) is 1.79. The van der Waals surface area contributed by atoms with E-state index in [1.807, 2.05) is 24.3 Å². The van der Waals surface area contributed by atoms with Gasteiger partial charge in [-0.25, -0.2) is 17.6 Å². The second-order valence-corrected chi connectivity index (χ2v) is 8.62. The number of methoxy groups -OCH3 is 2. The minimum Gasteiger partial charge on any atom is -0.497 e. The van der Waals surface area contributed by atoms with Crippen molar-refractivity contribution in [3.05, 3.63) is 120 Å². The van der Waals surface area contributed by atoms with Gasteiger partial charge in [-0.1, -0.05) is 72.8 Å². The summed E-state index contributed by atoms with van der Waals surface area (Å²) in [7, 11) is 3.13. The van der Waals surface area contributed by atoms with Crippen molar-refractivity contribution in [3.8, 4) is 56.0 Å². The van der Waals surface area contributed by atoms with Gasteiger partial charge in [0, 0.05) is 0 Å². The third-order valence-corrected chi connectivity index (χ3v) is 6.46. The normalized spacial score (nSPS) is 10.9. The third kappa shape index (κ3) is 4.61. The average Bonchev–Trinajstić information content (AvgIpc) is 2.97. The molecule has 0 aromatic heterocycles. The van der Waals surface area contributed by atoms with E-state index in [-0.39, 0.29) is 11.1 Å². The largest absolute Gasteiger partial charge is 0.497 e. The number of benzene rings is 5. The van der Waals surface area contributed by atoms with Crippen molar-refractivity contribution < 1.29 is 27.0 Å². The fourth-order valence-electron chi connectivity index (χ4n) is 4.36. The molecule has 0 aliphatic rings. The SMILES string of the molecule is COc1ccc(-c2ccc(-c3c(F)c(F)c(-c4ccc(-c5ccc(OC)cc5)cc4)c(F)c3F)cc2)cc1. The first-order valence-corrected chi connectivity index (χ1v) is 11.8. The molecule has 0 fully saturated rings. The summed E-state index contributed by atoms with van der Waals surface area (Å²) in [6.07, 6.45) is 0. The number of ether oxygens (including phenoxy) is 2. The first kappa shape index (κ1) is 25.1. The van der Waals surface area contributed by atoms with Crippen LogP contribution in [0.5, 0.6) is 11.5 Å². The lowest BCUT2D eigenvalue weighted by Crippen LogP contribution is -2.03. The van der Waals surface area contributed by atoms with Crippen LogP contribution in [-0.4, -0.2) is 14.2 Å². The molecule has 0 saturated heterocycles. The molecule has 38 heavy (non-hydrogen) atoms. The highest BCUT2D eigenvalue weighted by Gasteiger charge is 2.27. The van der Waals surface area contributed by atoms with Crippen molar-refractivity contribution in [1.29, 1.82) is 0 Å². The van der Waals surface area contributed by atoms with Gasteiger partial charge < -0.3 is 9.47 Å². The zero-order chi connectivity index (χ0) is 26.8. The molecule has 0 atom stereocenters. The van der Waals surface area contributed by atoms with Crippen LogP contribution in [0, 0.1) is 23.3 Å². The maximum Gasteiger partial charge on any atom is 0.170 e. The van der Waals surface area contributed by atoms with Crippen molar-refractivity contribution in [2.45, 2.75) is 0 Å². The highest BCUT2D eigenvalue weighted by atomic mass is 19.2. The van der Waals surface area contributed by atoms with E-state index in [0.29, 0.717) is 11.5 Å². The lowest BCUT2D eigenvalue weighted by atomic mass is 9.95. The van der Waals surface area contributed by atoms with Gasteiger partial charge in [0.25, 0.3) is 0 Å². The molecule has 0 heterocycles. The van der Waals surface area contributed by atoms with E-state index in [2.05, 4.69) is 0 Å². The fourth-order valence-corrected chi connectivity index (χ4v) is 4.36. The molecule has 0 amide bonds. The lowest BCUT2D eigenvalue weighted by Gasteiger charge is -2.14. The standard InChI is InChI=1S/C32H22F4O2/c1-37-25-15-11-21(12-16-25)19-3-7-23(8-4-19)27-29(33)31(35)28(32(36)30(27)34)24-9-5-20(6-10-24)22-13-17-26(38-2)18-14-22/h3-18H,1-2H3. The van der Waals surface area contributed by atoms with Crippen molar-refractivity contribution in [3.63, 3.8) is 0 Å². The van der Waals surface area contributed by atoms with Gasteiger partial charge in [0.05, 0.1) is 25.3 Å². The van der Waals surface area contributed by atoms with Crippen molar-refractivity contribution >= 4 is 0 Å². The van der Waals surface area contributed by atoms with E-state index in [0.717, 1.165) is 22.3 Å². The summed E-state index contributed by atoms with van der Waals surface area (Å²) in [5.74, 6) is -4.41. The Hall–Kier alpha value is -4.58. The Balaban J connectivity index is 1.48. The highest BCUT2D eigenvalue weighted by molar-refractivity contribution is 5.77. The van der Waals surface area contributed by atoms with Crippen LogP contribution < -0.4 is 9.47 Å². The molecule has 0 radical (unpaired) electrons. The van der Waals surface area contributed by atoms with E-state index < -0.39 is 34.4 Å². The Kier molecular flexibility index (Phi) is 6.88. The van der Waals surface area contributed by atoms with E-state index in [1.54, 1.807) is 62.8 Å². The molecule has 0 aliphatic carbocycles. The van der Waals surface area contributed by atoms with E-state index >= 15 is 17.6 Å². The van der Waals surface area contributed by atoms with Crippen LogP contribution in [0.1, 0.15) is 0 Å². The Bertz CT molecular complexity index is 1430. The molecule has 2 nitrogen and oxygen atoms in total. The van der Waals surface area contributed by atoms with E-state index in [1.165, 1.54) is 24.3 Å².